The Hall–Kier alpha value is -3.88. The van der Waals surface area contributed by atoms with E-state index in [0.717, 1.165) is 38.0 Å². The Morgan fingerprint density at radius 3 is 2.38 bits per heavy atom. The second kappa shape index (κ2) is 11.5. The Morgan fingerprint density at radius 1 is 0.919 bits per heavy atom. The smallest absolute Gasteiger partial charge is 0.411 e. The van der Waals surface area contributed by atoms with Crippen LogP contribution in [0.15, 0.2) is 72.8 Å². The molecule has 2 atom stereocenters. The molecule has 1 aliphatic carbocycles. The van der Waals surface area contributed by atoms with E-state index in [2.05, 4.69) is 28.1 Å². The molecule has 5 rings (SSSR count). The predicted molar refractivity (Wildman–Crippen MR) is 144 cm³/mol. The Labute approximate surface area is 216 Å². The summed E-state index contributed by atoms with van der Waals surface area (Å²) in [7, 11) is 0. The van der Waals surface area contributed by atoms with E-state index in [4.69, 9.17) is 15.2 Å². The number of hydrogen-bond acceptors (Lipinski definition) is 6. The number of nitrogens with two attached hydrogens (primary N) is 1. The molecule has 1 heterocycles. The Kier molecular flexibility index (Phi) is 7.67. The Morgan fingerprint density at radius 2 is 1.65 bits per heavy atom. The lowest BCUT2D eigenvalue weighted by Crippen LogP contribution is -2.36. The molecule has 8 nitrogen and oxygen atoms in total. The molecule has 0 unspecified atom stereocenters. The van der Waals surface area contributed by atoms with Crippen LogP contribution in [0.5, 0.6) is 0 Å². The van der Waals surface area contributed by atoms with Gasteiger partial charge in [-0.05, 0) is 66.8 Å². The molecule has 3 aromatic carbocycles. The Balaban J connectivity index is 1.05. The van der Waals surface area contributed by atoms with E-state index >= 15 is 0 Å². The number of carbonyl (C=O) groups is 2. The summed E-state index contributed by atoms with van der Waals surface area (Å²) < 4.78 is 10.8. The van der Waals surface area contributed by atoms with Crippen LogP contribution in [0.25, 0.3) is 0 Å². The molecular formula is C29H32N4O4. The fourth-order valence-corrected chi connectivity index (χ4v) is 4.59. The first-order valence-corrected chi connectivity index (χ1v) is 12.7. The third-order valence-corrected chi connectivity index (χ3v) is 6.84. The molecule has 0 bridgehead atoms. The minimum atomic E-state index is -0.554. The summed E-state index contributed by atoms with van der Waals surface area (Å²) in [5.74, 6) is 0.267. The quantitative estimate of drug-likeness (QED) is 0.327. The number of hydrogen-bond donors (Lipinski definition) is 4. The molecule has 3 aromatic rings. The van der Waals surface area contributed by atoms with Gasteiger partial charge in [0.1, 0.15) is 6.61 Å². The second-order valence-corrected chi connectivity index (χ2v) is 9.56. The summed E-state index contributed by atoms with van der Waals surface area (Å²) in [5, 5.41) is 9.22. The van der Waals surface area contributed by atoms with Gasteiger partial charge in [0, 0.05) is 42.5 Å². The highest BCUT2D eigenvalue weighted by atomic mass is 16.5. The van der Waals surface area contributed by atoms with Crippen molar-refractivity contribution in [1.29, 1.82) is 0 Å². The maximum atomic E-state index is 12.4. The lowest BCUT2D eigenvalue weighted by atomic mass is 10.1. The molecule has 1 saturated carbocycles. The van der Waals surface area contributed by atoms with Gasteiger partial charge in [0.15, 0.2) is 0 Å². The number of benzene rings is 3. The van der Waals surface area contributed by atoms with E-state index in [9.17, 15) is 9.59 Å². The molecule has 1 aliphatic heterocycles. The van der Waals surface area contributed by atoms with Gasteiger partial charge in [-0.25, -0.2) is 4.79 Å². The number of amides is 2. The van der Waals surface area contributed by atoms with Crippen LogP contribution < -0.4 is 21.7 Å². The summed E-state index contributed by atoms with van der Waals surface area (Å²) in [6.07, 6.45) is 2.78. The zero-order valence-corrected chi connectivity index (χ0v) is 20.6. The number of rotatable bonds is 8. The van der Waals surface area contributed by atoms with E-state index in [-0.39, 0.29) is 12.5 Å². The van der Waals surface area contributed by atoms with E-state index < -0.39 is 6.09 Å². The zero-order chi connectivity index (χ0) is 25.6. The third kappa shape index (κ3) is 6.67. The summed E-state index contributed by atoms with van der Waals surface area (Å²) in [6, 6.07) is 23.0. The molecule has 37 heavy (non-hydrogen) atoms. The fourth-order valence-electron chi connectivity index (χ4n) is 4.59. The molecule has 8 heteroatoms. The molecule has 2 fully saturated rings. The number of anilines is 3. The van der Waals surface area contributed by atoms with Gasteiger partial charge in [-0.2, -0.15) is 0 Å². The number of nitrogen functional groups attached to an aromatic ring is 1. The van der Waals surface area contributed by atoms with Crippen LogP contribution in [0.3, 0.4) is 0 Å². The van der Waals surface area contributed by atoms with Gasteiger partial charge in [0.25, 0.3) is 5.91 Å². The van der Waals surface area contributed by atoms with Gasteiger partial charge in [-0.3, -0.25) is 10.1 Å². The lowest BCUT2D eigenvalue weighted by Gasteiger charge is -2.23. The molecule has 2 aliphatic rings. The van der Waals surface area contributed by atoms with Gasteiger partial charge in [0.05, 0.1) is 11.4 Å². The first-order chi connectivity index (χ1) is 18.0. The van der Waals surface area contributed by atoms with Crippen LogP contribution >= 0.6 is 0 Å². The summed E-state index contributed by atoms with van der Waals surface area (Å²) in [4.78, 5) is 24.7. The van der Waals surface area contributed by atoms with Crippen molar-refractivity contribution >= 4 is 29.1 Å². The van der Waals surface area contributed by atoms with Crippen molar-refractivity contribution in [2.75, 3.05) is 29.6 Å². The highest BCUT2D eigenvalue weighted by Crippen LogP contribution is 2.41. The van der Waals surface area contributed by atoms with Crippen molar-refractivity contribution < 1.29 is 19.1 Å². The molecule has 2 amide bonds. The first kappa shape index (κ1) is 24.8. The molecule has 1 saturated heterocycles. The predicted octanol–water partition coefficient (Wildman–Crippen LogP) is 4.89. The van der Waals surface area contributed by atoms with Gasteiger partial charge < -0.3 is 25.8 Å². The summed E-state index contributed by atoms with van der Waals surface area (Å²) in [6.45, 7) is 1.88. The minimum Gasteiger partial charge on any atom is -0.444 e. The van der Waals surface area contributed by atoms with Crippen molar-refractivity contribution in [3.63, 3.8) is 0 Å². The number of nitrogens with one attached hydrogen (secondary N) is 3. The highest BCUT2D eigenvalue weighted by Gasteiger charge is 2.39. The maximum Gasteiger partial charge on any atom is 0.411 e. The lowest BCUT2D eigenvalue weighted by molar-refractivity contribution is 0.0774. The standard InChI is InChI=1S/C29H32N4O4/c30-25-3-1-2-4-26(25)33-28(34)21-9-11-22(12-10-21)32-29(35)37-18-19-5-7-20(8-6-19)24-17-27(24)31-23-13-15-36-16-14-23/h1-12,23-24,27,31H,13-18,30H2,(H,32,35)(H,33,34)/t24-,27+/m1/s1. The van der Waals surface area contributed by atoms with E-state index in [1.54, 1.807) is 48.5 Å². The van der Waals surface area contributed by atoms with Crippen LogP contribution in [0, 0.1) is 0 Å². The molecule has 5 N–H and O–H groups in total. The van der Waals surface area contributed by atoms with E-state index in [1.165, 1.54) is 5.56 Å². The average molecular weight is 501 g/mol. The molecule has 0 radical (unpaired) electrons. The van der Waals surface area contributed by atoms with Gasteiger partial charge >= 0.3 is 6.09 Å². The van der Waals surface area contributed by atoms with Crippen molar-refractivity contribution in [2.24, 2.45) is 0 Å². The molecule has 192 valence electrons. The normalized spacial score (nSPS) is 19.1. The van der Waals surface area contributed by atoms with E-state index in [0.29, 0.717) is 40.6 Å². The van der Waals surface area contributed by atoms with Crippen LogP contribution in [0.1, 0.15) is 46.7 Å². The largest absolute Gasteiger partial charge is 0.444 e. The third-order valence-electron chi connectivity index (χ3n) is 6.84. The van der Waals surface area contributed by atoms with Gasteiger partial charge in [-0.1, -0.05) is 36.4 Å². The molecule has 0 aromatic heterocycles. The highest BCUT2D eigenvalue weighted by molar-refractivity contribution is 6.06. The maximum absolute atomic E-state index is 12.4. The second-order valence-electron chi connectivity index (χ2n) is 9.56. The van der Waals surface area contributed by atoms with E-state index in [1.807, 2.05) is 12.1 Å². The van der Waals surface area contributed by atoms with Crippen molar-refractivity contribution in [1.82, 2.24) is 5.32 Å². The summed E-state index contributed by atoms with van der Waals surface area (Å²) >= 11 is 0. The minimum absolute atomic E-state index is 0.180. The monoisotopic (exact) mass is 500 g/mol. The van der Waals surface area contributed by atoms with Crippen molar-refractivity contribution in [3.05, 3.63) is 89.5 Å². The summed E-state index contributed by atoms with van der Waals surface area (Å²) in [5.41, 5.74) is 10.1. The fraction of sp³-hybridized carbons (Fsp3) is 0.310. The number of carbonyl (C=O) groups excluding carboxylic acids is 2. The zero-order valence-electron chi connectivity index (χ0n) is 20.6. The van der Waals surface area contributed by atoms with Crippen LogP contribution in [-0.4, -0.2) is 37.3 Å². The average Bonchev–Trinajstić information content (AvgIpc) is 3.69. The molecular weight excluding hydrogens is 468 g/mol. The van der Waals surface area contributed by atoms with Crippen molar-refractivity contribution in [3.8, 4) is 0 Å². The van der Waals surface area contributed by atoms with Crippen LogP contribution in [-0.2, 0) is 16.1 Å². The number of para-hydroxylation sites is 2. The first-order valence-electron chi connectivity index (χ1n) is 12.7. The van der Waals surface area contributed by atoms with Crippen molar-refractivity contribution in [2.45, 2.75) is 43.9 Å². The van der Waals surface area contributed by atoms with Crippen LogP contribution in [0.2, 0.25) is 0 Å². The van der Waals surface area contributed by atoms with Gasteiger partial charge in [-0.15, -0.1) is 0 Å². The SMILES string of the molecule is Nc1ccccc1NC(=O)c1ccc(NC(=O)OCc2ccc([C@H]3C[C@@H]3NC3CCOCC3)cc2)cc1. The molecule has 0 spiro atoms. The topological polar surface area (TPSA) is 115 Å². The number of ether oxygens (including phenoxy) is 2. The van der Waals surface area contributed by atoms with Gasteiger partial charge in [0.2, 0.25) is 0 Å². The Bertz CT molecular complexity index is 1220. The van der Waals surface area contributed by atoms with Crippen LogP contribution in [0.4, 0.5) is 21.9 Å².